The van der Waals surface area contributed by atoms with Crippen LogP contribution in [0.4, 0.5) is 24.5 Å². The van der Waals surface area contributed by atoms with Crippen molar-refractivity contribution in [3.05, 3.63) is 59.7 Å². The van der Waals surface area contributed by atoms with E-state index in [1.165, 1.54) is 18.2 Å². The van der Waals surface area contributed by atoms with Gasteiger partial charge in [-0.3, -0.25) is 4.79 Å². The molecule has 1 N–H and O–H groups in total. The van der Waals surface area contributed by atoms with Gasteiger partial charge in [-0.2, -0.15) is 13.2 Å². The van der Waals surface area contributed by atoms with Gasteiger partial charge in [-0.15, -0.1) is 0 Å². The summed E-state index contributed by atoms with van der Waals surface area (Å²) in [5, 5.41) is 2.84. The maximum atomic E-state index is 13.0. The zero-order valence-corrected chi connectivity index (χ0v) is 20.3. The number of halogens is 3. The molecule has 0 spiro atoms. The van der Waals surface area contributed by atoms with Crippen molar-refractivity contribution in [2.75, 3.05) is 45.0 Å². The standard InChI is InChI=1S/C26H32F3NO6/c1-2-3-4-12-24(31)35-17-15-33-13-14-34-16-18-36-25(32)22-10-5-6-11-23(22)30-21-9-7-8-20(19-21)26(27,28)29/h5-11,19,30H,2-4,12-18H2,1H3. The van der Waals surface area contributed by atoms with E-state index in [4.69, 9.17) is 18.9 Å². The van der Waals surface area contributed by atoms with Crippen LogP contribution in [0.2, 0.25) is 0 Å². The molecule has 0 radical (unpaired) electrons. The molecular weight excluding hydrogens is 479 g/mol. The lowest BCUT2D eigenvalue weighted by Crippen LogP contribution is -2.15. The summed E-state index contributed by atoms with van der Waals surface area (Å²) in [6.45, 7) is 3.23. The van der Waals surface area contributed by atoms with Gasteiger partial charge in [0.15, 0.2) is 0 Å². The predicted molar refractivity (Wildman–Crippen MR) is 128 cm³/mol. The number of carbonyl (C=O) groups is 2. The number of esters is 2. The number of carbonyl (C=O) groups excluding carboxylic acids is 2. The number of unbranched alkanes of at least 4 members (excludes halogenated alkanes) is 2. The van der Waals surface area contributed by atoms with Gasteiger partial charge < -0.3 is 24.3 Å². The van der Waals surface area contributed by atoms with Crippen molar-refractivity contribution in [3.8, 4) is 0 Å². The van der Waals surface area contributed by atoms with Gasteiger partial charge in [-0.05, 0) is 36.8 Å². The normalized spacial score (nSPS) is 11.2. The Morgan fingerprint density at radius 3 is 2.19 bits per heavy atom. The van der Waals surface area contributed by atoms with Gasteiger partial charge in [-0.1, -0.05) is 38.0 Å². The van der Waals surface area contributed by atoms with Gasteiger partial charge in [0.05, 0.1) is 43.2 Å². The first-order valence-electron chi connectivity index (χ1n) is 11.8. The summed E-state index contributed by atoms with van der Waals surface area (Å²) in [5.41, 5.74) is -0.0959. The number of alkyl halides is 3. The first-order valence-corrected chi connectivity index (χ1v) is 11.8. The van der Waals surface area contributed by atoms with Crippen LogP contribution in [0.25, 0.3) is 0 Å². The fourth-order valence-corrected chi connectivity index (χ4v) is 3.10. The minimum Gasteiger partial charge on any atom is -0.463 e. The Balaban J connectivity index is 1.65. The average Bonchev–Trinajstić information content (AvgIpc) is 2.85. The molecule has 36 heavy (non-hydrogen) atoms. The lowest BCUT2D eigenvalue weighted by atomic mass is 10.1. The highest BCUT2D eigenvalue weighted by atomic mass is 19.4. The van der Waals surface area contributed by atoms with Crippen LogP contribution in [-0.4, -0.2) is 51.6 Å². The Morgan fingerprint density at radius 2 is 1.50 bits per heavy atom. The van der Waals surface area contributed by atoms with Crippen LogP contribution >= 0.6 is 0 Å². The minimum absolute atomic E-state index is 0.00784. The van der Waals surface area contributed by atoms with Gasteiger partial charge >= 0.3 is 18.1 Å². The van der Waals surface area contributed by atoms with Crippen LogP contribution in [-0.2, 0) is 29.9 Å². The Bertz CT molecular complexity index is 951. The fourth-order valence-electron chi connectivity index (χ4n) is 3.10. The van der Waals surface area contributed by atoms with Gasteiger partial charge in [0.25, 0.3) is 0 Å². The second-order valence-electron chi connectivity index (χ2n) is 7.79. The molecule has 0 heterocycles. The van der Waals surface area contributed by atoms with E-state index in [9.17, 15) is 22.8 Å². The number of hydrogen-bond donors (Lipinski definition) is 1. The van der Waals surface area contributed by atoms with Crippen LogP contribution in [0.3, 0.4) is 0 Å². The zero-order chi connectivity index (χ0) is 26.2. The van der Waals surface area contributed by atoms with Gasteiger partial charge in [0.1, 0.15) is 13.2 Å². The van der Waals surface area contributed by atoms with Crippen LogP contribution in [0.5, 0.6) is 0 Å². The summed E-state index contributed by atoms with van der Waals surface area (Å²) >= 11 is 0. The fraction of sp³-hybridized carbons (Fsp3) is 0.462. The van der Waals surface area contributed by atoms with E-state index in [0.29, 0.717) is 18.7 Å². The smallest absolute Gasteiger partial charge is 0.416 e. The molecule has 0 atom stereocenters. The second-order valence-corrected chi connectivity index (χ2v) is 7.79. The van der Waals surface area contributed by atoms with Crippen LogP contribution in [0, 0.1) is 0 Å². The molecule has 0 amide bonds. The van der Waals surface area contributed by atoms with Crippen LogP contribution < -0.4 is 5.32 Å². The van der Waals surface area contributed by atoms with Crippen molar-refractivity contribution in [1.29, 1.82) is 0 Å². The van der Waals surface area contributed by atoms with Crippen molar-refractivity contribution in [1.82, 2.24) is 0 Å². The second kappa shape index (κ2) is 15.8. The number of ether oxygens (including phenoxy) is 4. The third-order valence-corrected chi connectivity index (χ3v) is 4.92. The molecule has 7 nitrogen and oxygen atoms in total. The molecule has 0 aliphatic heterocycles. The third-order valence-electron chi connectivity index (χ3n) is 4.92. The van der Waals surface area contributed by atoms with Crippen molar-refractivity contribution >= 4 is 23.3 Å². The lowest BCUT2D eigenvalue weighted by Gasteiger charge is -2.13. The summed E-state index contributed by atoms with van der Waals surface area (Å²) in [5.74, 6) is -0.859. The molecular formula is C26H32F3NO6. The first-order chi connectivity index (χ1) is 17.3. The summed E-state index contributed by atoms with van der Waals surface area (Å²) in [6.07, 6.45) is -1.18. The predicted octanol–water partition coefficient (Wildman–Crippen LogP) is 5.76. The van der Waals surface area contributed by atoms with Crippen molar-refractivity contribution < 1.29 is 41.7 Å². The zero-order valence-electron chi connectivity index (χ0n) is 20.3. The molecule has 0 fully saturated rings. The maximum Gasteiger partial charge on any atom is 0.416 e. The van der Waals surface area contributed by atoms with Gasteiger partial charge in [0.2, 0.25) is 0 Å². The Labute approximate surface area is 208 Å². The van der Waals surface area contributed by atoms with E-state index in [1.807, 2.05) is 0 Å². The van der Waals surface area contributed by atoms with E-state index in [0.717, 1.165) is 31.4 Å². The Hall–Kier alpha value is -3.11. The summed E-state index contributed by atoms with van der Waals surface area (Å²) < 4.78 is 59.8. The van der Waals surface area contributed by atoms with Crippen molar-refractivity contribution in [2.45, 2.75) is 38.8 Å². The molecule has 10 heteroatoms. The molecule has 0 aromatic heterocycles. The molecule has 2 rings (SSSR count). The van der Waals surface area contributed by atoms with E-state index in [1.54, 1.807) is 18.2 Å². The highest BCUT2D eigenvalue weighted by molar-refractivity contribution is 5.96. The minimum atomic E-state index is -4.47. The quantitative estimate of drug-likeness (QED) is 0.227. The molecule has 0 saturated heterocycles. The number of rotatable bonds is 16. The summed E-state index contributed by atoms with van der Waals surface area (Å²) in [4.78, 5) is 23.9. The maximum absolute atomic E-state index is 13.0. The SMILES string of the molecule is CCCCCC(=O)OCCOCCOCCOC(=O)c1ccccc1Nc1cccc(C(F)(F)F)c1. The van der Waals surface area contributed by atoms with Gasteiger partial charge in [-0.25, -0.2) is 4.79 Å². The highest BCUT2D eigenvalue weighted by Gasteiger charge is 2.30. The lowest BCUT2D eigenvalue weighted by molar-refractivity contribution is -0.145. The van der Waals surface area contributed by atoms with E-state index in [-0.39, 0.29) is 50.3 Å². The number of hydrogen-bond acceptors (Lipinski definition) is 7. The first kappa shape index (κ1) is 29.1. The number of benzene rings is 2. The monoisotopic (exact) mass is 511 g/mol. The molecule has 0 aliphatic rings. The Kier molecular flexibility index (Phi) is 12.8. The summed E-state index contributed by atoms with van der Waals surface area (Å²) in [6, 6.07) is 11.1. The Morgan fingerprint density at radius 1 is 0.833 bits per heavy atom. The number of nitrogens with one attached hydrogen (secondary N) is 1. The van der Waals surface area contributed by atoms with E-state index >= 15 is 0 Å². The molecule has 0 unspecified atom stereocenters. The topological polar surface area (TPSA) is 83.1 Å². The summed E-state index contributed by atoms with van der Waals surface area (Å²) in [7, 11) is 0. The highest BCUT2D eigenvalue weighted by Crippen LogP contribution is 2.32. The van der Waals surface area contributed by atoms with Gasteiger partial charge in [0, 0.05) is 12.1 Å². The average molecular weight is 512 g/mol. The molecule has 0 aliphatic carbocycles. The van der Waals surface area contributed by atoms with Crippen molar-refractivity contribution in [3.63, 3.8) is 0 Å². The largest absolute Gasteiger partial charge is 0.463 e. The molecule has 0 saturated carbocycles. The molecule has 2 aromatic carbocycles. The third kappa shape index (κ3) is 11.1. The van der Waals surface area contributed by atoms with E-state index < -0.39 is 17.7 Å². The molecule has 0 bridgehead atoms. The molecule has 2 aromatic rings. The van der Waals surface area contributed by atoms with E-state index in [2.05, 4.69) is 12.2 Å². The van der Waals surface area contributed by atoms with Crippen LogP contribution in [0.1, 0.15) is 48.5 Å². The molecule has 198 valence electrons. The van der Waals surface area contributed by atoms with Crippen molar-refractivity contribution in [2.24, 2.45) is 0 Å². The number of para-hydroxylation sites is 1. The number of anilines is 2. The van der Waals surface area contributed by atoms with Crippen LogP contribution in [0.15, 0.2) is 48.5 Å².